The molecule has 42 heavy (non-hydrogen) atoms. The maximum atomic E-state index is 12.6. The molecular formula is C33H38N4O4S. The number of nitrogens with zero attached hydrogens (tertiary/aromatic N) is 3. The van der Waals surface area contributed by atoms with Crippen LogP contribution in [0.3, 0.4) is 0 Å². The van der Waals surface area contributed by atoms with Crippen LogP contribution in [0.4, 0.5) is 0 Å². The summed E-state index contributed by atoms with van der Waals surface area (Å²) in [5.74, 6) is 0.105. The lowest BCUT2D eigenvalue weighted by Gasteiger charge is -2.14. The Balaban J connectivity index is 1.32. The molecule has 4 aromatic rings. The first-order chi connectivity index (χ1) is 20.3. The number of hydrogen-bond acceptors (Lipinski definition) is 7. The van der Waals surface area contributed by atoms with Crippen LogP contribution in [-0.2, 0) is 11.2 Å². The summed E-state index contributed by atoms with van der Waals surface area (Å²) >= 11 is 1.28. The van der Waals surface area contributed by atoms with E-state index in [9.17, 15) is 14.7 Å². The van der Waals surface area contributed by atoms with Crippen LogP contribution in [0.15, 0.2) is 67.1 Å². The van der Waals surface area contributed by atoms with Crippen molar-refractivity contribution in [2.75, 3.05) is 6.61 Å². The lowest BCUT2D eigenvalue weighted by molar-refractivity contribution is -0.139. The fraction of sp³-hybridized carbons (Fsp3) is 0.364. The summed E-state index contributed by atoms with van der Waals surface area (Å²) in [6, 6.07) is 14.3. The molecule has 2 heterocycles. The number of unbranched alkanes of at least 4 members (excludes halogenated alkanes) is 4. The smallest absolute Gasteiger partial charge is 0.326 e. The molecule has 0 spiro atoms. The summed E-state index contributed by atoms with van der Waals surface area (Å²) in [6.07, 6.45) is 11.3. The summed E-state index contributed by atoms with van der Waals surface area (Å²) in [7, 11) is 0. The fourth-order valence-electron chi connectivity index (χ4n) is 4.38. The minimum atomic E-state index is -1.10. The first-order valence-corrected chi connectivity index (χ1v) is 15.3. The molecule has 0 saturated carbocycles. The van der Waals surface area contributed by atoms with E-state index in [-0.39, 0.29) is 12.3 Å². The van der Waals surface area contributed by atoms with E-state index in [1.54, 1.807) is 12.4 Å². The zero-order valence-corrected chi connectivity index (χ0v) is 25.2. The minimum absolute atomic E-state index is 0.148. The second-order valence-corrected chi connectivity index (χ2v) is 11.6. The van der Waals surface area contributed by atoms with Crippen LogP contribution in [0.1, 0.15) is 79.0 Å². The first kappa shape index (κ1) is 30.8. The molecule has 0 saturated heterocycles. The molecule has 2 N–H and O–H groups in total. The number of benzene rings is 2. The van der Waals surface area contributed by atoms with E-state index in [1.165, 1.54) is 43.2 Å². The van der Waals surface area contributed by atoms with Gasteiger partial charge in [-0.3, -0.25) is 4.79 Å². The zero-order chi connectivity index (χ0) is 29.9. The number of carboxylic acids is 1. The van der Waals surface area contributed by atoms with Gasteiger partial charge in [-0.15, -0.1) is 11.3 Å². The number of carbonyl (C=O) groups excluding carboxylic acids is 1. The van der Waals surface area contributed by atoms with Crippen LogP contribution in [0.2, 0.25) is 0 Å². The van der Waals surface area contributed by atoms with Gasteiger partial charge in [0.1, 0.15) is 16.7 Å². The Hall–Kier alpha value is -4.11. The highest BCUT2D eigenvalue weighted by Crippen LogP contribution is 2.24. The summed E-state index contributed by atoms with van der Waals surface area (Å²) < 4.78 is 5.86. The maximum Gasteiger partial charge on any atom is 0.326 e. The van der Waals surface area contributed by atoms with E-state index in [1.807, 2.05) is 62.4 Å². The van der Waals surface area contributed by atoms with Gasteiger partial charge >= 0.3 is 5.97 Å². The highest BCUT2D eigenvalue weighted by Gasteiger charge is 2.23. The molecule has 4 rings (SSSR count). The monoisotopic (exact) mass is 586 g/mol. The Morgan fingerprint density at radius 1 is 0.857 bits per heavy atom. The largest absolute Gasteiger partial charge is 0.494 e. The molecule has 0 bridgehead atoms. The van der Waals surface area contributed by atoms with Crippen LogP contribution in [0.5, 0.6) is 5.75 Å². The van der Waals surface area contributed by atoms with Gasteiger partial charge in [0.05, 0.1) is 17.8 Å². The van der Waals surface area contributed by atoms with E-state index in [0.717, 1.165) is 46.0 Å². The summed E-state index contributed by atoms with van der Waals surface area (Å²) in [6.45, 7) is 6.94. The molecular weight excluding hydrogens is 548 g/mol. The lowest BCUT2D eigenvalue weighted by Crippen LogP contribution is -2.42. The predicted molar refractivity (Wildman–Crippen MR) is 166 cm³/mol. The highest BCUT2D eigenvalue weighted by molar-refractivity contribution is 7.13. The number of carboxylic acid groups (broad SMARTS) is 1. The van der Waals surface area contributed by atoms with Crippen molar-refractivity contribution < 1.29 is 19.4 Å². The number of ether oxygens (including phenoxy) is 1. The number of carbonyl (C=O) groups is 2. The molecule has 0 radical (unpaired) electrons. The molecule has 9 heteroatoms. The molecule has 1 atom stereocenters. The van der Waals surface area contributed by atoms with Crippen molar-refractivity contribution in [1.29, 1.82) is 0 Å². The number of thiazole rings is 1. The Morgan fingerprint density at radius 2 is 1.52 bits per heavy atom. The number of nitrogens with one attached hydrogen (secondary N) is 1. The van der Waals surface area contributed by atoms with Crippen molar-refractivity contribution in [3.8, 4) is 28.3 Å². The second-order valence-electron chi connectivity index (χ2n) is 10.6. The van der Waals surface area contributed by atoms with Gasteiger partial charge in [-0.25, -0.2) is 19.7 Å². The Kier molecular flexibility index (Phi) is 11.2. The van der Waals surface area contributed by atoms with Crippen molar-refractivity contribution in [2.24, 2.45) is 0 Å². The number of aliphatic carboxylic acids is 1. The van der Waals surface area contributed by atoms with Gasteiger partial charge in [0, 0.05) is 35.9 Å². The first-order valence-electron chi connectivity index (χ1n) is 14.5. The molecule has 1 amide bonds. The number of aromatic nitrogens is 3. The fourth-order valence-corrected chi connectivity index (χ4v) is 5.20. The molecule has 0 aliphatic carbocycles. The van der Waals surface area contributed by atoms with E-state index in [4.69, 9.17) is 4.74 Å². The molecule has 220 valence electrons. The third kappa shape index (κ3) is 8.69. The van der Waals surface area contributed by atoms with Crippen molar-refractivity contribution >= 4 is 23.2 Å². The quantitative estimate of drug-likeness (QED) is 0.142. The van der Waals surface area contributed by atoms with Gasteiger partial charge in [-0.05, 0) is 29.7 Å². The average Bonchev–Trinajstić information content (AvgIpc) is 3.51. The van der Waals surface area contributed by atoms with Crippen LogP contribution < -0.4 is 10.1 Å². The van der Waals surface area contributed by atoms with Gasteiger partial charge in [-0.2, -0.15) is 0 Å². The molecule has 8 nitrogen and oxygen atoms in total. The lowest BCUT2D eigenvalue weighted by atomic mass is 10.0. The maximum absolute atomic E-state index is 12.6. The van der Waals surface area contributed by atoms with Gasteiger partial charge < -0.3 is 15.2 Å². The van der Waals surface area contributed by atoms with Crippen molar-refractivity contribution in [3.63, 3.8) is 0 Å². The second kappa shape index (κ2) is 15.2. The summed E-state index contributed by atoms with van der Waals surface area (Å²) in [5, 5.41) is 13.2. The summed E-state index contributed by atoms with van der Waals surface area (Å²) in [4.78, 5) is 38.2. The van der Waals surface area contributed by atoms with E-state index in [2.05, 4.69) is 27.2 Å². The molecule has 0 fully saturated rings. The molecule has 2 aromatic carbocycles. The number of hydrogen-bond donors (Lipinski definition) is 2. The summed E-state index contributed by atoms with van der Waals surface area (Å²) in [5.41, 5.74) is 3.50. The normalized spacial score (nSPS) is 11.8. The topological polar surface area (TPSA) is 114 Å². The highest BCUT2D eigenvalue weighted by atomic mass is 32.1. The zero-order valence-electron chi connectivity index (χ0n) is 24.4. The van der Waals surface area contributed by atoms with Crippen LogP contribution in [0.25, 0.3) is 22.5 Å². The Labute approximate surface area is 251 Å². The molecule has 0 aliphatic rings. The van der Waals surface area contributed by atoms with Crippen molar-refractivity contribution in [1.82, 2.24) is 20.3 Å². The average molecular weight is 587 g/mol. The Bertz CT molecular complexity index is 1430. The number of amides is 1. The third-order valence-electron chi connectivity index (χ3n) is 6.85. The van der Waals surface area contributed by atoms with Crippen LogP contribution in [-0.4, -0.2) is 44.6 Å². The standard InChI is InChI=1S/C33H38N4O4S/c1-4-5-6-7-8-17-41-27-15-13-24(14-16-27)26-19-34-30(35-20-26)25-11-9-23(10-12-25)18-28(33(39)40)37-31(38)29-21-36-32(42-29)22(2)3/h9-16,19-22,28H,4-8,17-18H2,1-3H3,(H,37,38)(H,39,40)/t28-/m0/s1. The van der Waals surface area contributed by atoms with Crippen LogP contribution >= 0.6 is 11.3 Å². The third-order valence-corrected chi connectivity index (χ3v) is 8.15. The van der Waals surface area contributed by atoms with Crippen molar-refractivity contribution in [2.45, 2.75) is 71.3 Å². The Morgan fingerprint density at radius 3 is 2.14 bits per heavy atom. The predicted octanol–water partition coefficient (Wildman–Crippen LogP) is 7.17. The van der Waals surface area contributed by atoms with E-state index < -0.39 is 17.9 Å². The van der Waals surface area contributed by atoms with Gasteiger partial charge in [0.2, 0.25) is 0 Å². The SMILES string of the molecule is CCCCCCCOc1ccc(-c2cnc(-c3ccc(C[C@H](NC(=O)c4cnc(C(C)C)s4)C(=O)O)cc3)nc2)cc1. The van der Waals surface area contributed by atoms with Gasteiger partial charge in [0.25, 0.3) is 5.91 Å². The van der Waals surface area contributed by atoms with Crippen LogP contribution in [0, 0.1) is 0 Å². The van der Waals surface area contributed by atoms with Gasteiger partial charge in [-0.1, -0.05) is 82.9 Å². The van der Waals surface area contributed by atoms with Gasteiger partial charge in [0.15, 0.2) is 5.82 Å². The minimum Gasteiger partial charge on any atom is -0.494 e. The van der Waals surface area contributed by atoms with E-state index >= 15 is 0 Å². The molecule has 0 unspecified atom stereocenters. The van der Waals surface area contributed by atoms with Crippen molar-refractivity contribution in [3.05, 3.63) is 82.6 Å². The number of rotatable bonds is 15. The molecule has 2 aromatic heterocycles. The molecule has 0 aliphatic heterocycles. The van der Waals surface area contributed by atoms with E-state index in [0.29, 0.717) is 10.7 Å².